The van der Waals surface area contributed by atoms with E-state index < -0.39 is 16.0 Å². The van der Waals surface area contributed by atoms with Gasteiger partial charge in [-0.2, -0.15) is 0 Å². The molecule has 1 aromatic heterocycles. The Morgan fingerprint density at radius 3 is 2.72 bits per heavy atom. The first-order valence-electron chi connectivity index (χ1n) is 5.73. The van der Waals surface area contributed by atoms with Gasteiger partial charge in [-0.3, -0.25) is 0 Å². The summed E-state index contributed by atoms with van der Waals surface area (Å²) >= 11 is 0.983. The van der Waals surface area contributed by atoms with Crippen molar-refractivity contribution >= 4 is 27.3 Å². The fraction of sp³-hybridized carbons (Fsp3) is 0.545. The van der Waals surface area contributed by atoms with Gasteiger partial charge in [0.05, 0.1) is 4.90 Å². The molecule has 0 unspecified atom stereocenters. The van der Waals surface area contributed by atoms with Crippen molar-refractivity contribution in [1.29, 1.82) is 0 Å². The molecule has 2 rings (SSSR count). The number of thiophene rings is 1. The van der Waals surface area contributed by atoms with Gasteiger partial charge >= 0.3 is 5.97 Å². The Hall–Kier alpha value is -0.920. The highest BCUT2D eigenvalue weighted by Gasteiger charge is 2.24. The fourth-order valence-corrected chi connectivity index (χ4v) is 4.19. The average Bonchev–Trinajstić information content (AvgIpc) is 2.98. The molecule has 0 saturated heterocycles. The molecule has 0 bridgehead atoms. The van der Waals surface area contributed by atoms with E-state index in [4.69, 9.17) is 5.11 Å². The molecule has 1 fully saturated rings. The molecule has 0 spiro atoms. The van der Waals surface area contributed by atoms with E-state index in [0.717, 1.165) is 17.8 Å². The Morgan fingerprint density at radius 1 is 1.56 bits per heavy atom. The van der Waals surface area contributed by atoms with E-state index >= 15 is 0 Å². The van der Waals surface area contributed by atoms with Gasteiger partial charge in [0.25, 0.3) is 0 Å². The number of hydrogen-bond donors (Lipinski definition) is 2. The summed E-state index contributed by atoms with van der Waals surface area (Å²) < 4.78 is 26.5. The SMILES string of the molecule is Cc1sc(C(=O)O)cc1S(=O)(=O)NCCC1CC1. The molecule has 100 valence electrons. The van der Waals surface area contributed by atoms with Gasteiger partial charge in [-0.05, 0) is 25.3 Å². The summed E-state index contributed by atoms with van der Waals surface area (Å²) in [5.41, 5.74) is 0. The van der Waals surface area contributed by atoms with Crippen LogP contribution < -0.4 is 4.72 Å². The lowest BCUT2D eigenvalue weighted by Gasteiger charge is -2.05. The second-order valence-electron chi connectivity index (χ2n) is 4.47. The molecule has 0 amide bonds. The third kappa shape index (κ3) is 3.09. The van der Waals surface area contributed by atoms with Crippen LogP contribution in [0.25, 0.3) is 0 Å². The van der Waals surface area contributed by atoms with Crippen LogP contribution in [0.4, 0.5) is 0 Å². The molecular formula is C11H15NO4S2. The van der Waals surface area contributed by atoms with E-state index in [1.165, 1.54) is 18.9 Å². The molecule has 2 N–H and O–H groups in total. The molecule has 1 aliphatic rings. The van der Waals surface area contributed by atoms with Crippen molar-refractivity contribution in [3.05, 3.63) is 15.8 Å². The first kappa shape index (κ1) is 13.5. The van der Waals surface area contributed by atoms with Crippen LogP contribution in [-0.4, -0.2) is 26.0 Å². The number of rotatable bonds is 6. The number of hydrogen-bond acceptors (Lipinski definition) is 4. The zero-order valence-electron chi connectivity index (χ0n) is 9.97. The second-order valence-corrected chi connectivity index (χ2v) is 7.46. The third-order valence-electron chi connectivity index (χ3n) is 2.91. The van der Waals surface area contributed by atoms with E-state index in [-0.39, 0.29) is 9.77 Å². The smallest absolute Gasteiger partial charge is 0.345 e. The van der Waals surface area contributed by atoms with Gasteiger partial charge in [0.1, 0.15) is 4.88 Å². The molecule has 0 atom stereocenters. The lowest BCUT2D eigenvalue weighted by molar-refractivity contribution is 0.0702. The Balaban J connectivity index is 2.09. The Labute approximate surface area is 110 Å². The van der Waals surface area contributed by atoms with Crippen LogP contribution in [0.3, 0.4) is 0 Å². The van der Waals surface area contributed by atoms with Crippen molar-refractivity contribution in [3.8, 4) is 0 Å². The zero-order chi connectivity index (χ0) is 13.3. The van der Waals surface area contributed by atoms with Gasteiger partial charge in [-0.15, -0.1) is 11.3 Å². The number of carboxylic acid groups (broad SMARTS) is 1. The number of aromatic carboxylic acids is 1. The summed E-state index contributed by atoms with van der Waals surface area (Å²) in [5.74, 6) is -0.437. The maximum absolute atomic E-state index is 12.0. The quantitative estimate of drug-likeness (QED) is 0.837. The van der Waals surface area contributed by atoms with Gasteiger partial charge in [0, 0.05) is 11.4 Å². The maximum atomic E-state index is 12.0. The summed E-state index contributed by atoms with van der Waals surface area (Å²) in [6, 6.07) is 1.22. The molecule has 1 aromatic rings. The number of carbonyl (C=O) groups is 1. The molecule has 0 aromatic carbocycles. The molecule has 0 radical (unpaired) electrons. The lowest BCUT2D eigenvalue weighted by atomic mass is 10.3. The van der Waals surface area contributed by atoms with Crippen molar-refractivity contribution in [2.75, 3.05) is 6.54 Å². The topological polar surface area (TPSA) is 83.5 Å². The Bertz CT molecular complexity index is 558. The predicted octanol–water partition coefficient (Wildman–Crippen LogP) is 1.83. The highest BCUT2D eigenvalue weighted by atomic mass is 32.2. The van der Waals surface area contributed by atoms with Crippen molar-refractivity contribution in [2.45, 2.75) is 31.1 Å². The third-order valence-corrected chi connectivity index (χ3v) is 5.67. The molecule has 5 nitrogen and oxygen atoms in total. The van der Waals surface area contributed by atoms with Gasteiger partial charge in [0.2, 0.25) is 10.0 Å². The number of aryl methyl sites for hydroxylation is 1. The van der Waals surface area contributed by atoms with Crippen LogP contribution in [0.15, 0.2) is 11.0 Å². The van der Waals surface area contributed by atoms with Gasteiger partial charge in [-0.25, -0.2) is 17.9 Å². The number of carboxylic acids is 1. The largest absolute Gasteiger partial charge is 0.477 e. The predicted molar refractivity (Wildman–Crippen MR) is 68.5 cm³/mol. The summed E-state index contributed by atoms with van der Waals surface area (Å²) in [7, 11) is -3.57. The minimum Gasteiger partial charge on any atom is -0.477 e. The summed E-state index contributed by atoms with van der Waals surface area (Å²) in [5, 5.41) is 8.84. The normalized spacial score (nSPS) is 15.8. The fourth-order valence-electron chi connectivity index (χ4n) is 1.72. The van der Waals surface area contributed by atoms with Crippen LogP contribution in [-0.2, 0) is 10.0 Å². The summed E-state index contributed by atoms with van der Waals surface area (Å²) in [6.07, 6.45) is 3.22. The number of nitrogens with one attached hydrogen (secondary N) is 1. The standard InChI is InChI=1S/C11H15NO4S2/c1-7-10(6-9(17-7)11(13)14)18(15,16)12-5-4-8-2-3-8/h6,8,12H,2-5H2,1H3,(H,13,14). The average molecular weight is 289 g/mol. The van der Waals surface area contributed by atoms with Crippen LogP contribution in [0.5, 0.6) is 0 Å². The summed E-state index contributed by atoms with van der Waals surface area (Å²) in [4.78, 5) is 11.4. The van der Waals surface area contributed by atoms with Gasteiger partial charge in [-0.1, -0.05) is 12.8 Å². The van der Waals surface area contributed by atoms with Crippen molar-refractivity contribution in [2.24, 2.45) is 5.92 Å². The molecular weight excluding hydrogens is 274 g/mol. The zero-order valence-corrected chi connectivity index (χ0v) is 11.6. The highest BCUT2D eigenvalue weighted by molar-refractivity contribution is 7.89. The first-order valence-corrected chi connectivity index (χ1v) is 8.03. The van der Waals surface area contributed by atoms with E-state index in [1.54, 1.807) is 6.92 Å². The molecule has 18 heavy (non-hydrogen) atoms. The molecule has 0 aliphatic heterocycles. The molecule has 1 heterocycles. The minimum atomic E-state index is -3.57. The van der Waals surface area contributed by atoms with Gasteiger partial charge in [0.15, 0.2) is 0 Å². The maximum Gasteiger partial charge on any atom is 0.345 e. The number of sulfonamides is 1. The van der Waals surface area contributed by atoms with E-state index in [2.05, 4.69) is 4.72 Å². The minimum absolute atomic E-state index is 0.0510. The monoisotopic (exact) mass is 289 g/mol. The van der Waals surface area contributed by atoms with Crippen molar-refractivity contribution in [3.63, 3.8) is 0 Å². The molecule has 1 aliphatic carbocycles. The van der Waals surface area contributed by atoms with Crippen LogP contribution in [0, 0.1) is 12.8 Å². The van der Waals surface area contributed by atoms with Crippen LogP contribution in [0.2, 0.25) is 0 Å². The molecule has 7 heteroatoms. The van der Waals surface area contributed by atoms with E-state index in [1.807, 2.05) is 0 Å². The molecule has 1 saturated carbocycles. The summed E-state index contributed by atoms with van der Waals surface area (Å²) in [6.45, 7) is 2.04. The van der Waals surface area contributed by atoms with Crippen molar-refractivity contribution < 1.29 is 18.3 Å². The van der Waals surface area contributed by atoms with Crippen LogP contribution in [0.1, 0.15) is 33.8 Å². The Morgan fingerprint density at radius 2 is 2.22 bits per heavy atom. The van der Waals surface area contributed by atoms with Crippen LogP contribution >= 0.6 is 11.3 Å². The first-order chi connectivity index (χ1) is 8.40. The van der Waals surface area contributed by atoms with Crippen molar-refractivity contribution in [1.82, 2.24) is 4.72 Å². The van der Waals surface area contributed by atoms with Gasteiger partial charge < -0.3 is 5.11 Å². The van der Waals surface area contributed by atoms with E-state index in [0.29, 0.717) is 17.3 Å². The lowest BCUT2D eigenvalue weighted by Crippen LogP contribution is -2.25. The Kier molecular flexibility index (Phi) is 3.74. The highest BCUT2D eigenvalue weighted by Crippen LogP contribution is 2.32. The second kappa shape index (κ2) is 4.99. The van der Waals surface area contributed by atoms with E-state index in [9.17, 15) is 13.2 Å².